The highest BCUT2D eigenvalue weighted by Gasteiger charge is 2.41. The monoisotopic (exact) mass is 313 g/mol. The molecule has 0 amide bonds. The van der Waals surface area contributed by atoms with Gasteiger partial charge in [-0.25, -0.2) is 16.7 Å². The number of carbonyl (C=O) groups excluding carboxylic acids is 1. The van der Waals surface area contributed by atoms with Crippen molar-refractivity contribution in [2.24, 2.45) is 22.1 Å². The molecule has 0 saturated heterocycles. The van der Waals surface area contributed by atoms with Crippen molar-refractivity contribution in [1.29, 1.82) is 0 Å². The van der Waals surface area contributed by atoms with Gasteiger partial charge in [-0.3, -0.25) is 15.2 Å². The summed E-state index contributed by atoms with van der Waals surface area (Å²) in [6, 6.07) is 7.66. The first-order valence-corrected chi connectivity index (χ1v) is 7.74. The maximum atomic E-state index is 12.8. The Morgan fingerprint density at radius 1 is 1.26 bits per heavy atom. The van der Waals surface area contributed by atoms with E-state index in [1.807, 2.05) is 31.2 Å². The number of allylic oxidation sites excluding steroid dienone is 1. The first-order valence-electron chi connectivity index (χ1n) is 7.74. The molecule has 6 heteroatoms. The van der Waals surface area contributed by atoms with Crippen LogP contribution in [0.15, 0.2) is 40.5 Å². The minimum absolute atomic E-state index is 0.103. The molecule has 0 radical (unpaired) electrons. The molecule has 1 aliphatic carbocycles. The molecule has 1 aromatic rings. The van der Waals surface area contributed by atoms with Crippen molar-refractivity contribution >= 4 is 11.7 Å². The summed E-state index contributed by atoms with van der Waals surface area (Å²) in [5, 5.41) is 1.44. The van der Waals surface area contributed by atoms with Crippen LogP contribution < -0.4 is 17.1 Å². The van der Waals surface area contributed by atoms with Crippen molar-refractivity contribution in [3.8, 4) is 0 Å². The Labute approximate surface area is 136 Å². The molecule has 2 aliphatic rings. The summed E-state index contributed by atoms with van der Waals surface area (Å²) >= 11 is 0. The van der Waals surface area contributed by atoms with Gasteiger partial charge in [0.1, 0.15) is 6.04 Å². The maximum Gasteiger partial charge on any atom is 0.228 e. The van der Waals surface area contributed by atoms with Crippen LogP contribution in [0, 0.1) is 12.3 Å². The van der Waals surface area contributed by atoms with E-state index in [0.717, 1.165) is 23.2 Å². The molecular formula is C17H23N5O. The minimum Gasteiger partial charge on any atom is -0.294 e. The predicted octanol–water partition coefficient (Wildman–Crippen LogP) is 1.69. The van der Waals surface area contributed by atoms with Crippen LogP contribution in [0.1, 0.15) is 43.9 Å². The summed E-state index contributed by atoms with van der Waals surface area (Å²) < 4.78 is 0. The lowest BCUT2D eigenvalue weighted by molar-refractivity contribution is -0.118. The highest BCUT2D eigenvalue weighted by Crippen LogP contribution is 2.44. The Morgan fingerprint density at radius 3 is 2.52 bits per heavy atom. The van der Waals surface area contributed by atoms with Gasteiger partial charge in [0.2, 0.25) is 5.96 Å². The molecule has 122 valence electrons. The van der Waals surface area contributed by atoms with Gasteiger partial charge >= 0.3 is 0 Å². The first-order chi connectivity index (χ1) is 10.8. The van der Waals surface area contributed by atoms with Gasteiger partial charge in [-0.05, 0) is 24.3 Å². The molecule has 1 aromatic carbocycles. The average molecular weight is 313 g/mol. The van der Waals surface area contributed by atoms with E-state index >= 15 is 0 Å². The first kappa shape index (κ1) is 15.7. The van der Waals surface area contributed by atoms with Crippen LogP contribution in [0.25, 0.3) is 0 Å². The standard InChI is InChI=1S/C17H23N5O/c1-10-4-6-11(7-5-10)15-14-12(20-16(21-18)22(15)19)8-17(2,3)9-13(14)23/h4-7,15H,8-9,18-19H2,1-3H3,(H,20,21). The summed E-state index contributed by atoms with van der Waals surface area (Å²) in [5.41, 5.74) is 6.03. The average Bonchev–Trinajstić information content (AvgIpc) is 2.47. The van der Waals surface area contributed by atoms with E-state index in [1.54, 1.807) is 0 Å². The lowest BCUT2D eigenvalue weighted by Gasteiger charge is -2.40. The topological polar surface area (TPSA) is 96.7 Å². The molecule has 0 fully saturated rings. The van der Waals surface area contributed by atoms with Gasteiger partial charge in [0.05, 0.1) is 5.70 Å². The number of hydrazine groups is 2. The number of hydrogen-bond donors (Lipinski definition) is 3. The van der Waals surface area contributed by atoms with Crippen LogP contribution >= 0.6 is 0 Å². The van der Waals surface area contributed by atoms with Gasteiger partial charge in [0.15, 0.2) is 5.78 Å². The van der Waals surface area contributed by atoms with Gasteiger partial charge in [-0.1, -0.05) is 43.7 Å². The summed E-state index contributed by atoms with van der Waals surface area (Å²) in [7, 11) is 0. The van der Waals surface area contributed by atoms with Gasteiger partial charge in [0.25, 0.3) is 0 Å². The number of carbonyl (C=O) groups is 1. The zero-order valence-electron chi connectivity index (χ0n) is 13.8. The smallest absolute Gasteiger partial charge is 0.228 e. The van der Waals surface area contributed by atoms with Crippen LogP contribution in [-0.2, 0) is 4.79 Å². The molecular weight excluding hydrogens is 290 g/mol. The van der Waals surface area contributed by atoms with E-state index < -0.39 is 0 Å². The SMILES string of the molecule is Cc1ccc(C2C3=C(CC(C)(C)CC3=O)N=C(NN)N2N)cc1. The number of benzene rings is 1. The van der Waals surface area contributed by atoms with Gasteiger partial charge < -0.3 is 0 Å². The van der Waals surface area contributed by atoms with Crippen molar-refractivity contribution in [1.82, 2.24) is 10.4 Å². The summed E-state index contributed by atoms with van der Waals surface area (Å²) in [6.45, 7) is 6.18. The van der Waals surface area contributed by atoms with Crippen molar-refractivity contribution in [3.05, 3.63) is 46.7 Å². The number of guanidine groups is 1. The molecule has 1 atom stereocenters. The number of nitrogens with one attached hydrogen (secondary N) is 1. The number of aliphatic imine (C=N–C) groups is 1. The highest BCUT2D eigenvalue weighted by atomic mass is 16.1. The fraction of sp³-hybridized carbons (Fsp3) is 0.412. The zero-order valence-corrected chi connectivity index (χ0v) is 13.8. The zero-order chi connectivity index (χ0) is 16.8. The van der Waals surface area contributed by atoms with Crippen molar-refractivity contribution in [2.45, 2.75) is 39.7 Å². The highest BCUT2D eigenvalue weighted by molar-refractivity contribution is 6.01. The third-order valence-corrected chi connectivity index (χ3v) is 4.46. The lowest BCUT2D eigenvalue weighted by Crippen LogP contribution is -2.53. The van der Waals surface area contributed by atoms with E-state index in [0.29, 0.717) is 18.0 Å². The quantitative estimate of drug-likeness (QED) is 0.541. The number of nitrogens with zero attached hydrogens (tertiary/aromatic N) is 2. The van der Waals surface area contributed by atoms with Crippen molar-refractivity contribution in [2.75, 3.05) is 0 Å². The normalized spacial score (nSPS) is 23.5. The number of Topliss-reactive ketones (excluding diaryl/α,β-unsaturated/α-hetero) is 1. The predicted molar refractivity (Wildman–Crippen MR) is 89.8 cm³/mol. The Morgan fingerprint density at radius 2 is 1.91 bits per heavy atom. The second kappa shape index (κ2) is 5.47. The van der Waals surface area contributed by atoms with Crippen LogP contribution in [0.3, 0.4) is 0 Å². The Hall–Kier alpha value is -2.18. The van der Waals surface area contributed by atoms with E-state index in [1.165, 1.54) is 5.01 Å². The Kier molecular flexibility index (Phi) is 3.74. The number of aryl methyl sites for hydroxylation is 1. The van der Waals surface area contributed by atoms with Crippen molar-refractivity contribution in [3.63, 3.8) is 0 Å². The van der Waals surface area contributed by atoms with Crippen molar-refractivity contribution < 1.29 is 4.79 Å². The third-order valence-electron chi connectivity index (χ3n) is 4.46. The van der Waals surface area contributed by atoms with Gasteiger partial charge in [0, 0.05) is 12.0 Å². The molecule has 0 bridgehead atoms. The molecule has 3 rings (SSSR count). The van der Waals surface area contributed by atoms with E-state index in [4.69, 9.17) is 11.7 Å². The third kappa shape index (κ3) is 2.75. The fourth-order valence-corrected chi connectivity index (χ4v) is 3.34. The van der Waals surface area contributed by atoms with Crippen LogP contribution in [0.2, 0.25) is 0 Å². The fourth-order valence-electron chi connectivity index (χ4n) is 3.34. The molecule has 0 saturated carbocycles. The van der Waals surface area contributed by atoms with Crippen LogP contribution in [0.4, 0.5) is 0 Å². The van der Waals surface area contributed by atoms with E-state index in [9.17, 15) is 4.79 Å². The minimum atomic E-state index is -0.363. The Bertz CT molecular complexity index is 702. The molecule has 23 heavy (non-hydrogen) atoms. The molecule has 5 N–H and O–H groups in total. The molecule has 1 unspecified atom stereocenters. The number of rotatable bonds is 1. The second-order valence-electron chi connectivity index (χ2n) is 7.10. The van der Waals surface area contributed by atoms with Crippen LogP contribution in [-0.4, -0.2) is 16.8 Å². The largest absolute Gasteiger partial charge is 0.294 e. The molecule has 0 spiro atoms. The molecule has 0 aromatic heterocycles. The van der Waals surface area contributed by atoms with E-state index in [-0.39, 0.29) is 17.2 Å². The summed E-state index contributed by atoms with van der Waals surface area (Å²) in [4.78, 5) is 17.3. The number of hydrogen-bond acceptors (Lipinski definition) is 6. The van der Waals surface area contributed by atoms with Gasteiger partial charge in [-0.15, -0.1) is 0 Å². The summed E-state index contributed by atoms with van der Waals surface area (Å²) in [5.74, 6) is 12.3. The molecule has 1 aliphatic heterocycles. The maximum absolute atomic E-state index is 12.8. The number of ketones is 1. The molecule has 1 heterocycles. The Balaban J connectivity index is 2.14. The van der Waals surface area contributed by atoms with Gasteiger partial charge in [-0.2, -0.15) is 0 Å². The molecule has 6 nitrogen and oxygen atoms in total. The number of nitrogens with two attached hydrogens (primary N) is 2. The second-order valence-corrected chi connectivity index (χ2v) is 7.10. The van der Waals surface area contributed by atoms with E-state index in [2.05, 4.69) is 24.3 Å². The lowest BCUT2D eigenvalue weighted by atomic mass is 9.73. The van der Waals surface area contributed by atoms with Crippen LogP contribution in [0.5, 0.6) is 0 Å². The summed E-state index contributed by atoms with van der Waals surface area (Å²) in [6.07, 6.45) is 1.23.